The summed E-state index contributed by atoms with van der Waals surface area (Å²) in [4.78, 5) is 4.50. The molecule has 0 aromatic heterocycles. The maximum atomic E-state index is 8.95. The SMILES string of the molecule is C=C(C)/N=C(\C(C)=C(C)C)c1cccc(C#N)c1. The molecule has 0 spiro atoms. The van der Waals surface area contributed by atoms with E-state index in [9.17, 15) is 0 Å². The first-order chi connectivity index (χ1) is 8.45. The molecule has 0 N–H and O–H groups in total. The van der Waals surface area contributed by atoms with Gasteiger partial charge in [-0.2, -0.15) is 5.26 Å². The highest BCUT2D eigenvalue weighted by molar-refractivity contribution is 6.13. The highest BCUT2D eigenvalue weighted by Gasteiger charge is 2.08. The molecule has 1 rings (SSSR count). The molecule has 92 valence electrons. The van der Waals surface area contributed by atoms with Crippen molar-refractivity contribution < 1.29 is 0 Å². The topological polar surface area (TPSA) is 36.1 Å². The third kappa shape index (κ3) is 3.43. The van der Waals surface area contributed by atoms with E-state index in [2.05, 4.69) is 31.5 Å². The number of rotatable bonds is 3. The molecule has 0 saturated heterocycles. The van der Waals surface area contributed by atoms with Gasteiger partial charge in [0.1, 0.15) is 0 Å². The van der Waals surface area contributed by atoms with E-state index in [-0.39, 0.29) is 0 Å². The summed E-state index contributed by atoms with van der Waals surface area (Å²) >= 11 is 0. The Morgan fingerprint density at radius 1 is 1.22 bits per heavy atom. The molecule has 0 aliphatic carbocycles. The normalized spacial score (nSPS) is 10.7. The van der Waals surface area contributed by atoms with Crippen LogP contribution in [0.15, 0.2) is 52.7 Å². The first-order valence-corrected chi connectivity index (χ1v) is 5.85. The van der Waals surface area contributed by atoms with Crippen LogP contribution in [-0.2, 0) is 0 Å². The van der Waals surface area contributed by atoms with Crippen molar-refractivity contribution in [2.45, 2.75) is 27.7 Å². The number of allylic oxidation sites excluding steroid dienone is 3. The average molecular weight is 238 g/mol. The van der Waals surface area contributed by atoms with Crippen molar-refractivity contribution in [2.24, 2.45) is 4.99 Å². The van der Waals surface area contributed by atoms with Crippen LogP contribution in [0.25, 0.3) is 0 Å². The molecule has 0 bridgehead atoms. The van der Waals surface area contributed by atoms with E-state index in [0.717, 1.165) is 22.5 Å². The van der Waals surface area contributed by atoms with E-state index in [1.165, 1.54) is 5.57 Å². The number of benzene rings is 1. The minimum absolute atomic E-state index is 0.642. The molecular formula is C16H18N2. The summed E-state index contributed by atoms with van der Waals surface area (Å²) in [6.45, 7) is 11.8. The summed E-state index contributed by atoms with van der Waals surface area (Å²) < 4.78 is 0. The fourth-order valence-corrected chi connectivity index (χ4v) is 1.53. The fourth-order valence-electron chi connectivity index (χ4n) is 1.53. The van der Waals surface area contributed by atoms with Crippen LogP contribution in [0.3, 0.4) is 0 Å². The van der Waals surface area contributed by atoms with E-state index < -0.39 is 0 Å². The van der Waals surface area contributed by atoms with E-state index in [4.69, 9.17) is 5.26 Å². The van der Waals surface area contributed by atoms with Gasteiger partial charge in [0.2, 0.25) is 0 Å². The number of nitrogens with zero attached hydrogens (tertiary/aromatic N) is 2. The summed E-state index contributed by atoms with van der Waals surface area (Å²) in [5.74, 6) is 0. The highest BCUT2D eigenvalue weighted by atomic mass is 14.7. The van der Waals surface area contributed by atoms with Crippen LogP contribution in [0.4, 0.5) is 0 Å². The van der Waals surface area contributed by atoms with E-state index in [0.29, 0.717) is 5.56 Å². The van der Waals surface area contributed by atoms with Gasteiger partial charge in [-0.15, -0.1) is 0 Å². The van der Waals surface area contributed by atoms with Crippen molar-refractivity contribution in [3.63, 3.8) is 0 Å². The minimum atomic E-state index is 0.642. The molecule has 0 aliphatic rings. The molecule has 0 heterocycles. The zero-order valence-electron chi connectivity index (χ0n) is 11.4. The second-order valence-electron chi connectivity index (χ2n) is 4.51. The van der Waals surface area contributed by atoms with Crippen molar-refractivity contribution in [1.82, 2.24) is 0 Å². The standard InChI is InChI=1S/C16H18N2/c1-11(2)13(5)16(18-12(3)4)15-8-6-7-14(9-15)10-17/h6-9H,3H2,1-2,4-5H3/b18-16+. The number of hydrogen-bond donors (Lipinski definition) is 0. The van der Waals surface area contributed by atoms with Gasteiger partial charge in [-0.1, -0.05) is 24.3 Å². The Labute approximate surface area is 109 Å². The van der Waals surface area contributed by atoms with Crippen LogP contribution < -0.4 is 0 Å². The Morgan fingerprint density at radius 2 is 1.89 bits per heavy atom. The molecule has 0 unspecified atom stereocenters. The van der Waals surface area contributed by atoms with Gasteiger partial charge in [-0.3, -0.25) is 4.99 Å². The molecule has 0 radical (unpaired) electrons. The Kier molecular flexibility index (Phi) is 4.62. The Bertz CT molecular complexity index is 565. The Balaban J connectivity index is 3.41. The van der Waals surface area contributed by atoms with Gasteiger partial charge in [0.15, 0.2) is 0 Å². The van der Waals surface area contributed by atoms with E-state index >= 15 is 0 Å². The maximum Gasteiger partial charge on any atom is 0.0991 e. The van der Waals surface area contributed by atoms with Crippen molar-refractivity contribution >= 4 is 5.71 Å². The van der Waals surface area contributed by atoms with Crippen molar-refractivity contribution in [2.75, 3.05) is 0 Å². The molecular weight excluding hydrogens is 220 g/mol. The maximum absolute atomic E-state index is 8.95. The first kappa shape index (κ1) is 13.9. The predicted molar refractivity (Wildman–Crippen MR) is 76.6 cm³/mol. The van der Waals surface area contributed by atoms with Crippen molar-refractivity contribution in [3.8, 4) is 6.07 Å². The van der Waals surface area contributed by atoms with Gasteiger partial charge in [0, 0.05) is 11.3 Å². The summed E-state index contributed by atoms with van der Waals surface area (Å²) in [5, 5.41) is 8.95. The lowest BCUT2D eigenvalue weighted by Crippen LogP contribution is -2.05. The number of aliphatic imine (C=N–C) groups is 1. The lowest BCUT2D eigenvalue weighted by atomic mass is 9.98. The van der Waals surface area contributed by atoms with Crippen LogP contribution in [-0.4, -0.2) is 5.71 Å². The molecule has 0 amide bonds. The van der Waals surface area contributed by atoms with Crippen LogP contribution >= 0.6 is 0 Å². The third-order valence-electron chi connectivity index (χ3n) is 2.67. The second-order valence-corrected chi connectivity index (χ2v) is 4.51. The molecule has 2 heteroatoms. The van der Waals surface area contributed by atoms with Crippen LogP contribution in [0.5, 0.6) is 0 Å². The Morgan fingerprint density at radius 3 is 2.39 bits per heavy atom. The number of hydrogen-bond acceptors (Lipinski definition) is 2. The third-order valence-corrected chi connectivity index (χ3v) is 2.67. The van der Waals surface area contributed by atoms with E-state index in [1.807, 2.05) is 32.0 Å². The fraction of sp³-hybridized carbons (Fsp3) is 0.250. The lowest BCUT2D eigenvalue weighted by Gasteiger charge is -2.10. The molecule has 0 aliphatic heterocycles. The van der Waals surface area contributed by atoms with Crippen LogP contribution in [0, 0.1) is 11.3 Å². The zero-order valence-corrected chi connectivity index (χ0v) is 11.4. The van der Waals surface area contributed by atoms with Crippen LogP contribution in [0.1, 0.15) is 38.8 Å². The zero-order chi connectivity index (χ0) is 13.7. The van der Waals surface area contributed by atoms with Gasteiger partial charge in [-0.05, 0) is 45.4 Å². The molecule has 1 aromatic carbocycles. The molecule has 2 nitrogen and oxygen atoms in total. The monoisotopic (exact) mass is 238 g/mol. The average Bonchev–Trinajstić information content (AvgIpc) is 2.34. The van der Waals surface area contributed by atoms with Crippen molar-refractivity contribution in [3.05, 3.63) is 58.8 Å². The Hall–Kier alpha value is -2.14. The van der Waals surface area contributed by atoms with Crippen LogP contribution in [0.2, 0.25) is 0 Å². The highest BCUT2D eigenvalue weighted by Crippen LogP contribution is 2.16. The van der Waals surface area contributed by atoms with Gasteiger partial charge < -0.3 is 0 Å². The molecule has 18 heavy (non-hydrogen) atoms. The van der Waals surface area contributed by atoms with Gasteiger partial charge in [-0.25, -0.2) is 0 Å². The summed E-state index contributed by atoms with van der Waals surface area (Å²) in [5.41, 5.74) is 5.57. The van der Waals surface area contributed by atoms with E-state index in [1.54, 1.807) is 6.07 Å². The number of nitriles is 1. The summed E-state index contributed by atoms with van der Waals surface area (Å²) in [7, 11) is 0. The molecule has 1 aromatic rings. The smallest absolute Gasteiger partial charge is 0.0991 e. The predicted octanol–water partition coefficient (Wildman–Crippen LogP) is 4.24. The first-order valence-electron chi connectivity index (χ1n) is 5.85. The minimum Gasteiger partial charge on any atom is -0.253 e. The van der Waals surface area contributed by atoms with Gasteiger partial charge >= 0.3 is 0 Å². The summed E-state index contributed by atoms with van der Waals surface area (Å²) in [6, 6.07) is 9.64. The molecule has 0 fully saturated rings. The molecule has 0 atom stereocenters. The van der Waals surface area contributed by atoms with Gasteiger partial charge in [0.25, 0.3) is 0 Å². The molecule has 0 saturated carbocycles. The van der Waals surface area contributed by atoms with Gasteiger partial charge in [0.05, 0.1) is 17.3 Å². The quantitative estimate of drug-likeness (QED) is 0.725. The summed E-state index contributed by atoms with van der Waals surface area (Å²) in [6.07, 6.45) is 0. The second kappa shape index (κ2) is 5.97. The largest absolute Gasteiger partial charge is 0.253 e. The lowest BCUT2D eigenvalue weighted by molar-refractivity contribution is 1.27. The van der Waals surface area contributed by atoms with Crippen molar-refractivity contribution in [1.29, 1.82) is 5.26 Å².